The summed E-state index contributed by atoms with van der Waals surface area (Å²) in [5.74, 6) is 0. The van der Waals surface area contributed by atoms with Gasteiger partial charge in [-0.1, -0.05) is 17.7 Å². The zero-order valence-electron chi connectivity index (χ0n) is 6.85. The third kappa shape index (κ3) is 2.08. The van der Waals surface area contributed by atoms with Crippen LogP contribution in [0.15, 0.2) is 18.2 Å². The van der Waals surface area contributed by atoms with Crippen molar-refractivity contribution in [1.82, 2.24) is 0 Å². The minimum absolute atomic E-state index is 0.211. The van der Waals surface area contributed by atoms with Gasteiger partial charge in [0.15, 0.2) is 6.29 Å². The number of carbonyl (C=O) groups is 1. The number of benzene rings is 1. The maximum Gasteiger partial charge on any atom is 0.417 e. The monoisotopic (exact) mass is 188 g/mol. The molecule has 0 radical (unpaired) electrons. The molecule has 0 bridgehead atoms. The van der Waals surface area contributed by atoms with E-state index in [0.29, 0.717) is 5.56 Å². The fraction of sp³-hybridized carbons (Fsp3) is 0.222. The summed E-state index contributed by atoms with van der Waals surface area (Å²) in [7, 11) is 0. The lowest BCUT2D eigenvalue weighted by Gasteiger charge is -2.09. The van der Waals surface area contributed by atoms with Crippen molar-refractivity contribution in [2.45, 2.75) is 13.1 Å². The Hall–Kier alpha value is -1.32. The maximum absolute atomic E-state index is 12.3. The van der Waals surface area contributed by atoms with Crippen LogP contribution < -0.4 is 0 Å². The van der Waals surface area contributed by atoms with Gasteiger partial charge in [0.2, 0.25) is 0 Å². The van der Waals surface area contributed by atoms with Crippen LogP contribution >= 0.6 is 0 Å². The molecule has 0 spiro atoms. The largest absolute Gasteiger partial charge is 0.417 e. The van der Waals surface area contributed by atoms with Crippen molar-refractivity contribution in [2.75, 3.05) is 0 Å². The van der Waals surface area contributed by atoms with E-state index in [0.717, 1.165) is 6.07 Å². The molecule has 0 aliphatic rings. The van der Waals surface area contributed by atoms with Gasteiger partial charge in [-0.25, -0.2) is 0 Å². The summed E-state index contributed by atoms with van der Waals surface area (Å²) < 4.78 is 36.8. The fourth-order valence-electron chi connectivity index (χ4n) is 1.02. The summed E-state index contributed by atoms with van der Waals surface area (Å²) in [6, 6.07) is 3.61. The molecule has 4 heteroatoms. The van der Waals surface area contributed by atoms with Gasteiger partial charge in [0.1, 0.15) is 0 Å². The summed E-state index contributed by atoms with van der Waals surface area (Å²) >= 11 is 0. The number of hydrogen-bond acceptors (Lipinski definition) is 1. The van der Waals surface area contributed by atoms with E-state index in [2.05, 4.69) is 0 Å². The first-order valence-electron chi connectivity index (χ1n) is 3.58. The third-order valence-corrected chi connectivity index (χ3v) is 1.64. The average molecular weight is 188 g/mol. The van der Waals surface area contributed by atoms with E-state index in [1.807, 2.05) is 0 Å². The first-order valence-corrected chi connectivity index (χ1v) is 3.58. The molecule has 0 N–H and O–H groups in total. The van der Waals surface area contributed by atoms with Crippen LogP contribution in [-0.2, 0) is 6.18 Å². The third-order valence-electron chi connectivity index (χ3n) is 1.64. The van der Waals surface area contributed by atoms with Crippen LogP contribution in [-0.4, -0.2) is 6.29 Å². The minimum atomic E-state index is -4.46. The molecule has 0 heterocycles. The average Bonchev–Trinajstić information content (AvgIpc) is 2.03. The maximum atomic E-state index is 12.3. The summed E-state index contributed by atoms with van der Waals surface area (Å²) in [4.78, 5) is 10.3. The first kappa shape index (κ1) is 9.77. The molecular weight excluding hydrogens is 181 g/mol. The zero-order valence-corrected chi connectivity index (χ0v) is 6.85. The van der Waals surface area contributed by atoms with Gasteiger partial charge in [0.05, 0.1) is 5.56 Å². The van der Waals surface area contributed by atoms with Gasteiger partial charge >= 0.3 is 6.18 Å². The number of alkyl halides is 3. The van der Waals surface area contributed by atoms with Crippen LogP contribution in [0.5, 0.6) is 0 Å². The minimum Gasteiger partial charge on any atom is -0.298 e. The van der Waals surface area contributed by atoms with Gasteiger partial charge < -0.3 is 0 Å². The molecule has 0 aliphatic heterocycles. The Kier molecular flexibility index (Phi) is 2.40. The highest BCUT2D eigenvalue weighted by atomic mass is 19.4. The van der Waals surface area contributed by atoms with Crippen LogP contribution in [0.3, 0.4) is 0 Å². The highest BCUT2D eigenvalue weighted by molar-refractivity contribution is 5.77. The van der Waals surface area contributed by atoms with Crippen LogP contribution in [0.25, 0.3) is 0 Å². The normalized spacial score (nSPS) is 11.4. The molecule has 0 amide bonds. The van der Waals surface area contributed by atoms with Gasteiger partial charge in [-0.3, -0.25) is 4.79 Å². The topological polar surface area (TPSA) is 17.1 Å². The van der Waals surface area contributed by atoms with Crippen LogP contribution in [0.1, 0.15) is 21.5 Å². The molecule has 0 saturated heterocycles. The second-order valence-electron chi connectivity index (χ2n) is 2.71. The lowest BCUT2D eigenvalue weighted by atomic mass is 10.1. The summed E-state index contributed by atoms with van der Waals surface area (Å²) in [5.41, 5.74) is -0.710. The molecule has 0 aliphatic carbocycles. The van der Waals surface area contributed by atoms with Crippen LogP contribution in [0, 0.1) is 6.92 Å². The van der Waals surface area contributed by atoms with Gasteiger partial charge in [-0.15, -0.1) is 0 Å². The van der Waals surface area contributed by atoms with Gasteiger partial charge in [0, 0.05) is 5.56 Å². The Balaban J connectivity index is 3.32. The molecule has 1 aromatic rings. The predicted octanol–water partition coefficient (Wildman–Crippen LogP) is 2.83. The molecule has 1 rings (SSSR count). The van der Waals surface area contributed by atoms with E-state index < -0.39 is 11.7 Å². The second kappa shape index (κ2) is 3.20. The second-order valence-corrected chi connectivity index (χ2v) is 2.71. The lowest BCUT2D eigenvalue weighted by Crippen LogP contribution is -2.08. The Labute approximate surface area is 73.2 Å². The van der Waals surface area contributed by atoms with Crippen molar-refractivity contribution >= 4 is 6.29 Å². The van der Waals surface area contributed by atoms with Crippen molar-refractivity contribution in [2.24, 2.45) is 0 Å². The van der Waals surface area contributed by atoms with Crippen LogP contribution in [0.4, 0.5) is 13.2 Å². The lowest BCUT2D eigenvalue weighted by molar-refractivity contribution is -0.137. The number of hydrogen-bond donors (Lipinski definition) is 0. The van der Waals surface area contributed by atoms with E-state index in [1.165, 1.54) is 12.1 Å². The van der Waals surface area contributed by atoms with Gasteiger partial charge in [0.25, 0.3) is 0 Å². The molecular formula is C9H7F3O. The highest BCUT2D eigenvalue weighted by Gasteiger charge is 2.33. The standard InChI is InChI=1S/C9H7F3O/c1-6-2-3-7(5-13)8(4-6)9(10,11)12/h2-5H,1H3. The van der Waals surface area contributed by atoms with Crippen molar-refractivity contribution < 1.29 is 18.0 Å². The molecule has 0 aromatic heterocycles. The van der Waals surface area contributed by atoms with Gasteiger partial charge in [-0.2, -0.15) is 13.2 Å². The molecule has 13 heavy (non-hydrogen) atoms. The fourth-order valence-corrected chi connectivity index (χ4v) is 1.02. The van der Waals surface area contributed by atoms with E-state index in [4.69, 9.17) is 0 Å². The van der Waals surface area contributed by atoms with E-state index in [-0.39, 0.29) is 11.8 Å². The Morgan fingerprint density at radius 2 is 1.92 bits per heavy atom. The molecule has 0 saturated carbocycles. The smallest absolute Gasteiger partial charge is 0.298 e. The summed E-state index contributed by atoms with van der Waals surface area (Å²) in [6.45, 7) is 1.55. The SMILES string of the molecule is Cc1ccc(C=O)c(C(F)(F)F)c1. The quantitative estimate of drug-likeness (QED) is 0.619. The molecule has 1 nitrogen and oxygen atoms in total. The number of carbonyl (C=O) groups excluding carboxylic acids is 1. The Bertz CT molecular complexity index is 328. The predicted molar refractivity (Wildman–Crippen MR) is 41.6 cm³/mol. The van der Waals surface area contributed by atoms with Crippen molar-refractivity contribution in [1.29, 1.82) is 0 Å². The van der Waals surface area contributed by atoms with E-state index >= 15 is 0 Å². The number of halogens is 3. The Morgan fingerprint density at radius 1 is 1.31 bits per heavy atom. The van der Waals surface area contributed by atoms with E-state index in [1.54, 1.807) is 6.92 Å². The molecule has 0 fully saturated rings. The Morgan fingerprint density at radius 3 is 2.38 bits per heavy atom. The highest BCUT2D eigenvalue weighted by Crippen LogP contribution is 2.31. The summed E-state index contributed by atoms with van der Waals surface area (Å²) in [6.07, 6.45) is -4.25. The van der Waals surface area contributed by atoms with Gasteiger partial charge in [-0.05, 0) is 13.0 Å². The van der Waals surface area contributed by atoms with Crippen LogP contribution in [0.2, 0.25) is 0 Å². The number of aryl methyl sites for hydroxylation is 1. The van der Waals surface area contributed by atoms with E-state index in [9.17, 15) is 18.0 Å². The zero-order chi connectivity index (χ0) is 10.1. The number of aldehydes is 1. The molecule has 1 aromatic carbocycles. The first-order chi connectivity index (χ1) is 5.95. The number of rotatable bonds is 1. The van der Waals surface area contributed by atoms with Crippen molar-refractivity contribution in [3.8, 4) is 0 Å². The van der Waals surface area contributed by atoms with Crippen molar-refractivity contribution in [3.05, 3.63) is 34.9 Å². The molecule has 70 valence electrons. The molecule has 0 unspecified atom stereocenters. The van der Waals surface area contributed by atoms with Crippen molar-refractivity contribution in [3.63, 3.8) is 0 Å². The molecule has 0 atom stereocenters. The summed E-state index contributed by atoms with van der Waals surface area (Å²) in [5, 5.41) is 0.